The maximum Gasteiger partial charge on any atom is 0.328 e. The van der Waals surface area contributed by atoms with E-state index < -0.39 is 21.9 Å². The lowest BCUT2D eigenvalue weighted by atomic mass is 10.1. The first kappa shape index (κ1) is 19.2. The van der Waals surface area contributed by atoms with E-state index in [9.17, 15) is 18.0 Å². The zero-order valence-electron chi connectivity index (χ0n) is 14.2. The number of carboxylic acid groups (broad SMARTS) is 1. The van der Waals surface area contributed by atoms with Crippen molar-refractivity contribution in [3.05, 3.63) is 65.7 Å². The summed E-state index contributed by atoms with van der Waals surface area (Å²) in [6.45, 7) is 3.83. The molecule has 136 valence electrons. The minimum Gasteiger partial charge on any atom is -0.478 e. The molecule has 0 aliphatic heterocycles. The Labute approximate surface area is 151 Å². The topological polar surface area (TPSA) is 113 Å². The number of carboxylic acids is 1. The monoisotopic (exact) mass is 374 g/mol. The van der Waals surface area contributed by atoms with Gasteiger partial charge in [-0.2, -0.15) is 0 Å². The molecule has 8 heteroatoms. The fourth-order valence-corrected chi connectivity index (χ4v) is 3.12. The molecule has 2 aromatic rings. The lowest BCUT2D eigenvalue weighted by molar-refractivity contribution is -0.131. The summed E-state index contributed by atoms with van der Waals surface area (Å²) in [4.78, 5) is 21.9. The summed E-state index contributed by atoms with van der Waals surface area (Å²) in [5.74, 6) is -1.87. The van der Waals surface area contributed by atoms with Gasteiger partial charge in [-0.1, -0.05) is 6.07 Å². The highest BCUT2D eigenvalue weighted by Crippen LogP contribution is 2.20. The predicted octanol–water partition coefficient (Wildman–Crippen LogP) is 2.68. The van der Waals surface area contributed by atoms with Crippen LogP contribution in [0, 0.1) is 13.8 Å². The number of carbonyl (C=O) groups excluding carboxylic acids is 1. The van der Waals surface area contributed by atoms with Gasteiger partial charge in [0.1, 0.15) is 0 Å². The molecule has 3 N–H and O–H groups in total. The molecular formula is C18H18N2O5S. The van der Waals surface area contributed by atoms with Crippen LogP contribution in [-0.4, -0.2) is 25.4 Å². The molecule has 0 atom stereocenters. The fourth-order valence-electron chi connectivity index (χ4n) is 2.07. The van der Waals surface area contributed by atoms with Crippen LogP contribution in [0.4, 0.5) is 11.4 Å². The minimum absolute atomic E-state index is 0.0369. The molecule has 2 aromatic carbocycles. The van der Waals surface area contributed by atoms with Crippen LogP contribution < -0.4 is 10.0 Å². The molecule has 0 aromatic heterocycles. The summed E-state index contributed by atoms with van der Waals surface area (Å²) >= 11 is 0. The summed E-state index contributed by atoms with van der Waals surface area (Å²) in [5.41, 5.74) is 2.84. The van der Waals surface area contributed by atoms with Crippen LogP contribution in [0.25, 0.3) is 0 Å². The third kappa shape index (κ3) is 5.18. The highest BCUT2D eigenvalue weighted by molar-refractivity contribution is 7.92. The third-order valence-corrected chi connectivity index (χ3v) is 4.97. The van der Waals surface area contributed by atoms with Crippen LogP contribution in [-0.2, 0) is 19.6 Å². The Morgan fingerprint density at radius 3 is 2.12 bits per heavy atom. The Morgan fingerprint density at radius 2 is 1.54 bits per heavy atom. The van der Waals surface area contributed by atoms with Crippen molar-refractivity contribution >= 4 is 33.3 Å². The fraction of sp³-hybridized carbons (Fsp3) is 0.111. The predicted molar refractivity (Wildman–Crippen MR) is 98.6 cm³/mol. The van der Waals surface area contributed by atoms with E-state index in [1.54, 1.807) is 12.1 Å². The van der Waals surface area contributed by atoms with E-state index in [0.717, 1.165) is 17.2 Å². The van der Waals surface area contributed by atoms with Gasteiger partial charge in [0, 0.05) is 23.5 Å². The molecule has 1 amide bonds. The van der Waals surface area contributed by atoms with Gasteiger partial charge in [-0.05, 0) is 61.4 Å². The summed E-state index contributed by atoms with van der Waals surface area (Å²) in [6, 6.07) is 10.8. The van der Waals surface area contributed by atoms with Crippen LogP contribution in [0.15, 0.2) is 59.5 Å². The quantitative estimate of drug-likeness (QED) is 0.673. The second kappa shape index (κ2) is 7.83. The molecule has 0 radical (unpaired) electrons. The highest BCUT2D eigenvalue weighted by atomic mass is 32.2. The van der Waals surface area contributed by atoms with Crippen LogP contribution in [0.5, 0.6) is 0 Å². The Kier molecular flexibility index (Phi) is 5.78. The molecule has 0 saturated carbocycles. The third-order valence-electron chi connectivity index (χ3n) is 3.57. The van der Waals surface area contributed by atoms with Gasteiger partial charge in [-0.3, -0.25) is 9.52 Å². The van der Waals surface area contributed by atoms with E-state index in [-0.39, 0.29) is 4.90 Å². The van der Waals surface area contributed by atoms with Gasteiger partial charge in [0.2, 0.25) is 5.91 Å². The molecule has 0 aliphatic carbocycles. The number of nitrogens with one attached hydrogen (secondary N) is 2. The number of hydrogen-bond acceptors (Lipinski definition) is 4. The lowest BCUT2D eigenvalue weighted by Crippen LogP contribution is -2.13. The molecule has 0 unspecified atom stereocenters. The average Bonchev–Trinajstić information content (AvgIpc) is 2.56. The Bertz CT molecular complexity index is 964. The van der Waals surface area contributed by atoms with Gasteiger partial charge in [-0.25, -0.2) is 13.2 Å². The SMILES string of the molecule is Cc1ccc(NS(=O)(=O)c2ccc(NC(=O)/C=C/C(=O)O)cc2)cc1C. The van der Waals surface area contributed by atoms with Crippen molar-refractivity contribution < 1.29 is 23.1 Å². The van der Waals surface area contributed by atoms with Gasteiger partial charge < -0.3 is 10.4 Å². The number of aliphatic carboxylic acids is 1. The van der Waals surface area contributed by atoms with Gasteiger partial charge >= 0.3 is 5.97 Å². The number of carbonyl (C=O) groups is 2. The van der Waals surface area contributed by atoms with Crippen molar-refractivity contribution in [2.75, 3.05) is 10.0 Å². The van der Waals surface area contributed by atoms with Gasteiger partial charge in [-0.15, -0.1) is 0 Å². The lowest BCUT2D eigenvalue weighted by Gasteiger charge is -2.10. The van der Waals surface area contributed by atoms with Crippen LogP contribution >= 0.6 is 0 Å². The van der Waals surface area contributed by atoms with Crippen molar-refractivity contribution in [1.82, 2.24) is 0 Å². The standard InChI is InChI=1S/C18H18N2O5S/c1-12-3-4-15(11-13(12)2)20-26(24,25)16-7-5-14(6-8-16)19-17(21)9-10-18(22)23/h3-11,20H,1-2H3,(H,19,21)(H,22,23)/b10-9+. The molecule has 0 saturated heterocycles. The molecule has 0 aliphatic rings. The van der Waals surface area contributed by atoms with Gasteiger partial charge in [0.15, 0.2) is 0 Å². The van der Waals surface area contributed by atoms with Crippen LogP contribution in [0.3, 0.4) is 0 Å². The molecule has 0 spiro atoms. The average molecular weight is 374 g/mol. The number of aryl methyl sites for hydroxylation is 2. The number of benzene rings is 2. The first-order valence-electron chi connectivity index (χ1n) is 7.59. The Balaban J connectivity index is 2.12. The van der Waals surface area contributed by atoms with E-state index in [1.165, 1.54) is 24.3 Å². The number of sulfonamides is 1. The molecule has 0 fully saturated rings. The molecule has 0 bridgehead atoms. The summed E-state index contributed by atoms with van der Waals surface area (Å²) < 4.78 is 27.4. The van der Waals surface area contributed by atoms with E-state index in [1.807, 2.05) is 19.9 Å². The van der Waals surface area contributed by atoms with Crippen molar-refractivity contribution in [3.8, 4) is 0 Å². The van der Waals surface area contributed by atoms with E-state index in [4.69, 9.17) is 5.11 Å². The van der Waals surface area contributed by atoms with Crippen molar-refractivity contribution in [3.63, 3.8) is 0 Å². The molecule has 7 nitrogen and oxygen atoms in total. The second-order valence-electron chi connectivity index (χ2n) is 5.59. The van der Waals surface area contributed by atoms with Gasteiger partial charge in [0.05, 0.1) is 4.90 Å². The molecule has 2 rings (SSSR count). The van der Waals surface area contributed by atoms with Crippen molar-refractivity contribution in [2.24, 2.45) is 0 Å². The maximum absolute atomic E-state index is 12.4. The highest BCUT2D eigenvalue weighted by Gasteiger charge is 2.14. The summed E-state index contributed by atoms with van der Waals surface area (Å²) in [5, 5.41) is 10.9. The second-order valence-corrected chi connectivity index (χ2v) is 7.27. The number of amides is 1. The molecule has 26 heavy (non-hydrogen) atoms. The van der Waals surface area contributed by atoms with Gasteiger partial charge in [0.25, 0.3) is 10.0 Å². The normalized spacial score (nSPS) is 11.3. The zero-order chi connectivity index (χ0) is 19.3. The van der Waals surface area contributed by atoms with E-state index >= 15 is 0 Å². The summed E-state index contributed by atoms with van der Waals surface area (Å²) in [7, 11) is -3.76. The first-order valence-corrected chi connectivity index (χ1v) is 9.08. The van der Waals surface area contributed by atoms with Crippen LogP contribution in [0.2, 0.25) is 0 Å². The molecule has 0 heterocycles. The van der Waals surface area contributed by atoms with E-state index in [0.29, 0.717) is 17.5 Å². The Hall–Kier alpha value is -3.13. The van der Waals surface area contributed by atoms with Crippen LogP contribution in [0.1, 0.15) is 11.1 Å². The minimum atomic E-state index is -3.76. The number of anilines is 2. The summed E-state index contributed by atoms with van der Waals surface area (Å²) in [6.07, 6.45) is 1.58. The zero-order valence-corrected chi connectivity index (χ0v) is 15.0. The van der Waals surface area contributed by atoms with Crippen molar-refractivity contribution in [2.45, 2.75) is 18.7 Å². The van der Waals surface area contributed by atoms with Crippen molar-refractivity contribution in [1.29, 1.82) is 0 Å². The largest absolute Gasteiger partial charge is 0.478 e. The maximum atomic E-state index is 12.4. The molecular weight excluding hydrogens is 356 g/mol. The Morgan fingerprint density at radius 1 is 0.923 bits per heavy atom. The number of rotatable bonds is 6. The van der Waals surface area contributed by atoms with E-state index in [2.05, 4.69) is 10.0 Å². The smallest absolute Gasteiger partial charge is 0.328 e. The number of hydrogen-bond donors (Lipinski definition) is 3. The first-order chi connectivity index (χ1) is 12.2.